The number of hydrogen-bond donors (Lipinski definition) is 0. The van der Waals surface area contributed by atoms with Gasteiger partial charge in [0.1, 0.15) is 0 Å². The van der Waals surface area contributed by atoms with E-state index in [4.69, 9.17) is 9.47 Å². The summed E-state index contributed by atoms with van der Waals surface area (Å²) in [5, 5.41) is 9.50. The quantitative estimate of drug-likeness (QED) is 0.161. The molecule has 12 aromatic rings. The first-order valence-electron chi connectivity index (χ1n) is 23.1. The maximum atomic E-state index is 6.51. The lowest BCUT2D eigenvalue weighted by atomic mass is 9.84. The monoisotopic (exact) mass is 868 g/mol. The Morgan fingerprint density at radius 3 is 1.09 bits per heavy atom. The molecule has 4 nitrogen and oxygen atoms in total. The fraction of sp³-hybridized carbons (Fsp3) is 0. The molecular formula is C64H40N2O2. The van der Waals surface area contributed by atoms with Gasteiger partial charge in [0.25, 0.3) is 0 Å². The number of ether oxygens (including phenoxy) is 2. The number of fused-ring (bicyclic) bond motifs is 8. The van der Waals surface area contributed by atoms with E-state index in [0.29, 0.717) is 0 Å². The van der Waals surface area contributed by atoms with Gasteiger partial charge >= 0.3 is 0 Å². The van der Waals surface area contributed by atoms with Crippen LogP contribution in [0.3, 0.4) is 0 Å². The fourth-order valence-corrected chi connectivity index (χ4v) is 10.6. The topological polar surface area (TPSA) is 24.9 Å². The molecule has 0 radical (unpaired) electrons. The molecule has 0 spiro atoms. The van der Waals surface area contributed by atoms with Crippen LogP contribution in [0.1, 0.15) is 0 Å². The Kier molecular flexibility index (Phi) is 8.55. The molecule has 0 bridgehead atoms. The van der Waals surface area contributed by atoms with E-state index >= 15 is 0 Å². The van der Waals surface area contributed by atoms with Crippen LogP contribution in [0.15, 0.2) is 243 Å². The molecule has 0 aromatic heterocycles. The van der Waals surface area contributed by atoms with Gasteiger partial charge in [-0.05, 0) is 167 Å². The second kappa shape index (κ2) is 15.2. The predicted octanol–water partition coefficient (Wildman–Crippen LogP) is 18.5. The minimum absolute atomic E-state index is 0.823. The molecule has 2 aliphatic rings. The van der Waals surface area contributed by atoms with Crippen molar-refractivity contribution in [3.8, 4) is 56.4 Å². The van der Waals surface area contributed by atoms with Gasteiger partial charge in [-0.15, -0.1) is 0 Å². The Hall–Kier alpha value is -9.12. The third-order valence-corrected chi connectivity index (χ3v) is 13.7. The van der Waals surface area contributed by atoms with Crippen molar-refractivity contribution in [2.45, 2.75) is 0 Å². The van der Waals surface area contributed by atoms with Crippen LogP contribution in [0, 0.1) is 0 Å². The molecular weight excluding hydrogens is 829 g/mol. The van der Waals surface area contributed by atoms with Crippen molar-refractivity contribution in [2.75, 3.05) is 9.80 Å². The summed E-state index contributed by atoms with van der Waals surface area (Å²) in [5.41, 5.74) is 13.1. The highest BCUT2D eigenvalue weighted by atomic mass is 16.5. The Bertz CT molecular complexity index is 3930. The summed E-state index contributed by atoms with van der Waals surface area (Å²) in [5.74, 6) is 3.29. The van der Waals surface area contributed by atoms with Gasteiger partial charge in [-0.25, -0.2) is 0 Å². The van der Waals surface area contributed by atoms with Crippen LogP contribution in [-0.2, 0) is 0 Å². The molecule has 2 heterocycles. The molecule has 0 N–H and O–H groups in total. The van der Waals surface area contributed by atoms with E-state index in [1.165, 1.54) is 43.8 Å². The van der Waals surface area contributed by atoms with E-state index in [1.54, 1.807) is 0 Å². The third kappa shape index (κ3) is 6.08. The Labute approximate surface area is 393 Å². The van der Waals surface area contributed by atoms with E-state index in [0.717, 1.165) is 89.8 Å². The smallest absolute Gasteiger partial charge is 0.151 e. The molecule has 0 amide bonds. The van der Waals surface area contributed by atoms with Crippen molar-refractivity contribution < 1.29 is 9.47 Å². The van der Waals surface area contributed by atoms with Gasteiger partial charge in [0, 0.05) is 11.4 Å². The SMILES string of the molecule is c1cc(-c2ccc3ccccc3c2)cc(-c2c3ccc(N4c5ccccc5Oc5ccccc54)cc3c(-c3ccc4ccccc4c3)c3ccc(N4c5ccccc5Oc5ccccc54)cc23)c1. The van der Waals surface area contributed by atoms with Crippen molar-refractivity contribution in [2.24, 2.45) is 0 Å². The lowest BCUT2D eigenvalue weighted by Crippen LogP contribution is -2.15. The zero-order valence-electron chi connectivity index (χ0n) is 36.8. The van der Waals surface area contributed by atoms with E-state index < -0.39 is 0 Å². The molecule has 0 saturated carbocycles. The zero-order chi connectivity index (χ0) is 44.7. The standard InChI is InChI=1S/C64H40N2O2/c1-3-16-43-36-46(30-28-41(43)14-1)45-18-13-19-47(38-45)63-51-34-32-50(66-57-22-7-11-26-61(57)68-62-27-12-8-23-58(62)66)40-54(51)64(48-31-29-42-15-2-4-17-44(42)37-48)52-35-33-49(39-53(52)63)65-55-20-5-9-24-59(55)67-60-25-10-6-21-56(60)65/h1-40H. The van der Waals surface area contributed by atoms with Gasteiger partial charge < -0.3 is 19.3 Å². The number of para-hydroxylation sites is 8. The minimum atomic E-state index is 0.823. The van der Waals surface area contributed by atoms with Gasteiger partial charge in [-0.1, -0.05) is 152 Å². The zero-order valence-corrected chi connectivity index (χ0v) is 36.8. The van der Waals surface area contributed by atoms with Crippen molar-refractivity contribution in [3.63, 3.8) is 0 Å². The van der Waals surface area contributed by atoms with Crippen molar-refractivity contribution in [1.29, 1.82) is 0 Å². The summed E-state index contributed by atoms with van der Waals surface area (Å²) < 4.78 is 13.0. The first kappa shape index (κ1) is 38.2. The van der Waals surface area contributed by atoms with E-state index in [-0.39, 0.29) is 0 Å². The molecule has 0 atom stereocenters. The van der Waals surface area contributed by atoms with Gasteiger partial charge in [0.2, 0.25) is 0 Å². The van der Waals surface area contributed by atoms with E-state index in [2.05, 4.69) is 228 Å². The Morgan fingerprint density at radius 1 is 0.235 bits per heavy atom. The van der Waals surface area contributed by atoms with Crippen LogP contribution in [-0.4, -0.2) is 0 Å². The van der Waals surface area contributed by atoms with Crippen LogP contribution in [0.25, 0.3) is 76.5 Å². The van der Waals surface area contributed by atoms with Gasteiger partial charge in [-0.2, -0.15) is 0 Å². The Balaban J connectivity index is 1.09. The van der Waals surface area contributed by atoms with Gasteiger partial charge in [0.15, 0.2) is 23.0 Å². The van der Waals surface area contributed by atoms with Crippen LogP contribution in [0.2, 0.25) is 0 Å². The fourth-order valence-electron chi connectivity index (χ4n) is 10.6. The van der Waals surface area contributed by atoms with Crippen molar-refractivity contribution in [1.82, 2.24) is 0 Å². The van der Waals surface area contributed by atoms with Crippen LogP contribution < -0.4 is 19.3 Å². The number of rotatable bonds is 5. The average Bonchev–Trinajstić information content (AvgIpc) is 3.40. The minimum Gasteiger partial charge on any atom is -0.453 e. The molecule has 12 aromatic carbocycles. The third-order valence-electron chi connectivity index (χ3n) is 13.7. The summed E-state index contributed by atoms with van der Waals surface area (Å²) in [4.78, 5) is 4.69. The second-order valence-electron chi connectivity index (χ2n) is 17.7. The molecule has 2 aliphatic heterocycles. The van der Waals surface area contributed by atoms with Crippen LogP contribution in [0.5, 0.6) is 23.0 Å². The normalized spacial score (nSPS) is 12.6. The first-order valence-corrected chi connectivity index (χ1v) is 23.1. The molecule has 0 saturated heterocycles. The maximum absolute atomic E-state index is 6.51. The average molecular weight is 869 g/mol. The maximum Gasteiger partial charge on any atom is 0.151 e. The molecule has 68 heavy (non-hydrogen) atoms. The second-order valence-corrected chi connectivity index (χ2v) is 17.7. The Morgan fingerprint density at radius 2 is 0.603 bits per heavy atom. The summed E-state index contributed by atoms with van der Waals surface area (Å²) in [6.45, 7) is 0. The molecule has 0 unspecified atom stereocenters. The summed E-state index contributed by atoms with van der Waals surface area (Å²) in [6, 6.07) is 87.4. The van der Waals surface area contributed by atoms with Crippen molar-refractivity contribution in [3.05, 3.63) is 243 Å². The number of anilines is 6. The molecule has 4 heteroatoms. The first-order chi connectivity index (χ1) is 33.7. The molecule has 0 aliphatic carbocycles. The predicted molar refractivity (Wildman–Crippen MR) is 282 cm³/mol. The summed E-state index contributed by atoms with van der Waals surface area (Å²) in [7, 11) is 0. The van der Waals surface area contributed by atoms with Crippen LogP contribution >= 0.6 is 0 Å². The van der Waals surface area contributed by atoms with E-state index in [9.17, 15) is 0 Å². The highest BCUT2D eigenvalue weighted by Gasteiger charge is 2.29. The molecule has 0 fully saturated rings. The highest BCUT2D eigenvalue weighted by molar-refractivity contribution is 6.23. The number of hydrogen-bond acceptors (Lipinski definition) is 4. The summed E-state index contributed by atoms with van der Waals surface area (Å²) in [6.07, 6.45) is 0. The highest BCUT2D eigenvalue weighted by Crippen LogP contribution is 2.55. The lowest BCUT2D eigenvalue weighted by molar-refractivity contribution is 0.477. The number of benzene rings is 12. The van der Waals surface area contributed by atoms with Gasteiger partial charge in [-0.3, -0.25) is 0 Å². The van der Waals surface area contributed by atoms with Crippen LogP contribution in [0.4, 0.5) is 34.1 Å². The molecule has 14 rings (SSSR count). The van der Waals surface area contributed by atoms with Gasteiger partial charge in [0.05, 0.1) is 22.7 Å². The molecule has 318 valence electrons. The number of nitrogens with zero attached hydrogens (tertiary/aromatic N) is 2. The van der Waals surface area contributed by atoms with Crippen molar-refractivity contribution >= 4 is 77.2 Å². The summed E-state index contributed by atoms with van der Waals surface area (Å²) >= 11 is 0. The van der Waals surface area contributed by atoms with E-state index in [1.807, 2.05) is 24.3 Å². The lowest BCUT2D eigenvalue weighted by Gasteiger charge is -2.33. The largest absolute Gasteiger partial charge is 0.453 e.